The van der Waals surface area contributed by atoms with Gasteiger partial charge in [0, 0.05) is 44.8 Å². The number of pyridine rings is 2. The van der Waals surface area contributed by atoms with E-state index in [4.69, 9.17) is 31.4 Å². The number of rotatable bonds is 7. The molecule has 1 saturated heterocycles. The normalized spacial score (nSPS) is 13.9. The molecule has 0 aromatic carbocycles. The summed E-state index contributed by atoms with van der Waals surface area (Å²) in [6, 6.07) is 6.84. The SMILES string of the molecule is O=C(O)C(=O)O.O=C(c1cccnc1Cl)N(CCS(=O)(=O)N1CCCCC1)Cc1cccnc1. The third-order valence-corrected chi connectivity index (χ3v) is 7.04. The maximum Gasteiger partial charge on any atom is 0.414 e. The summed E-state index contributed by atoms with van der Waals surface area (Å²) in [7, 11) is -3.42. The number of halogens is 1. The van der Waals surface area contributed by atoms with Gasteiger partial charge in [-0.2, -0.15) is 0 Å². The van der Waals surface area contributed by atoms with Crippen LogP contribution < -0.4 is 0 Å². The molecule has 0 saturated carbocycles. The Bertz CT molecular complexity index is 1080. The van der Waals surface area contributed by atoms with Gasteiger partial charge in [-0.3, -0.25) is 9.78 Å². The third kappa shape index (κ3) is 8.36. The minimum absolute atomic E-state index is 0.0672. The molecule has 0 radical (unpaired) electrons. The van der Waals surface area contributed by atoms with Crippen molar-refractivity contribution in [2.75, 3.05) is 25.4 Å². The number of carbonyl (C=O) groups excluding carboxylic acids is 1. The Balaban J connectivity index is 0.000000604. The highest BCUT2D eigenvalue weighted by Gasteiger charge is 2.27. The van der Waals surface area contributed by atoms with E-state index in [1.54, 1.807) is 30.6 Å². The quantitative estimate of drug-likeness (QED) is 0.416. The second-order valence-electron chi connectivity index (χ2n) is 7.32. The molecule has 1 amide bonds. The molecule has 3 heterocycles. The van der Waals surface area contributed by atoms with E-state index in [9.17, 15) is 13.2 Å². The summed E-state index contributed by atoms with van der Waals surface area (Å²) in [6.07, 6.45) is 7.62. The van der Waals surface area contributed by atoms with Crippen LogP contribution in [0.3, 0.4) is 0 Å². The molecular weight excluding hydrogens is 488 g/mol. The maximum absolute atomic E-state index is 13.0. The fraction of sp³-hybridized carbons (Fsp3) is 0.381. The molecule has 1 aliphatic heterocycles. The molecule has 2 N–H and O–H groups in total. The van der Waals surface area contributed by atoms with Crippen LogP contribution in [0.15, 0.2) is 42.9 Å². The molecule has 1 aliphatic rings. The lowest BCUT2D eigenvalue weighted by Gasteiger charge is -2.28. The van der Waals surface area contributed by atoms with E-state index in [0.717, 1.165) is 24.8 Å². The molecule has 34 heavy (non-hydrogen) atoms. The first-order valence-electron chi connectivity index (χ1n) is 10.3. The predicted octanol–water partition coefficient (Wildman–Crippen LogP) is 1.74. The molecule has 184 valence electrons. The van der Waals surface area contributed by atoms with Gasteiger partial charge in [-0.15, -0.1) is 0 Å². The zero-order valence-electron chi connectivity index (χ0n) is 18.2. The first kappa shape index (κ1) is 27.2. The number of sulfonamides is 1. The third-order valence-electron chi connectivity index (χ3n) is 4.88. The lowest BCUT2D eigenvalue weighted by Crippen LogP contribution is -2.41. The summed E-state index contributed by atoms with van der Waals surface area (Å²) in [5.41, 5.74) is 1.06. The van der Waals surface area contributed by atoms with E-state index in [1.807, 2.05) is 6.07 Å². The zero-order valence-corrected chi connectivity index (χ0v) is 19.8. The standard InChI is InChI=1S/C19H23ClN4O3S.C2H2O4/c20-18-17(7-5-9-22-18)19(25)23(15-16-6-4-8-21-14-16)12-13-28(26,27)24-10-2-1-3-11-24;3-1(4)2(5)6/h4-9,14H,1-3,10-13,15H2;(H,3,4)(H,5,6). The van der Waals surface area contributed by atoms with Gasteiger partial charge in [-0.25, -0.2) is 27.3 Å². The number of carboxylic acid groups (broad SMARTS) is 2. The Morgan fingerprint density at radius 2 is 1.68 bits per heavy atom. The molecule has 1 fully saturated rings. The van der Waals surface area contributed by atoms with Gasteiger partial charge >= 0.3 is 11.9 Å². The highest BCUT2D eigenvalue weighted by atomic mass is 35.5. The van der Waals surface area contributed by atoms with Crippen LogP contribution in [-0.2, 0) is 26.2 Å². The van der Waals surface area contributed by atoms with Crippen LogP contribution in [0.4, 0.5) is 0 Å². The van der Waals surface area contributed by atoms with Gasteiger partial charge < -0.3 is 15.1 Å². The molecule has 0 atom stereocenters. The van der Waals surface area contributed by atoms with E-state index < -0.39 is 22.0 Å². The Labute approximate surface area is 202 Å². The van der Waals surface area contributed by atoms with Gasteiger partial charge in [0.1, 0.15) is 5.15 Å². The molecular formula is C21H25ClN4O7S. The molecule has 0 spiro atoms. The van der Waals surface area contributed by atoms with Gasteiger partial charge in [0.15, 0.2) is 0 Å². The van der Waals surface area contributed by atoms with Gasteiger partial charge in [-0.1, -0.05) is 24.1 Å². The van der Waals surface area contributed by atoms with Gasteiger partial charge in [0.05, 0.1) is 11.3 Å². The van der Waals surface area contributed by atoms with E-state index in [1.165, 1.54) is 15.4 Å². The van der Waals surface area contributed by atoms with Crippen molar-refractivity contribution in [2.45, 2.75) is 25.8 Å². The molecule has 2 aromatic heterocycles. The van der Waals surface area contributed by atoms with Crippen molar-refractivity contribution in [3.63, 3.8) is 0 Å². The Morgan fingerprint density at radius 3 is 2.24 bits per heavy atom. The smallest absolute Gasteiger partial charge is 0.414 e. The first-order valence-corrected chi connectivity index (χ1v) is 12.3. The van der Waals surface area contributed by atoms with Crippen LogP contribution in [0, 0.1) is 0 Å². The number of aliphatic carboxylic acids is 2. The highest BCUT2D eigenvalue weighted by Crippen LogP contribution is 2.18. The second-order valence-corrected chi connectivity index (χ2v) is 9.76. The van der Waals surface area contributed by atoms with Gasteiger partial charge in [-0.05, 0) is 36.6 Å². The summed E-state index contributed by atoms with van der Waals surface area (Å²) < 4.78 is 26.9. The van der Waals surface area contributed by atoms with Crippen LogP contribution in [0.1, 0.15) is 35.2 Å². The van der Waals surface area contributed by atoms with Crippen molar-refractivity contribution in [3.8, 4) is 0 Å². The number of carboxylic acids is 2. The van der Waals surface area contributed by atoms with Crippen LogP contribution in [-0.4, -0.2) is 81.0 Å². The fourth-order valence-electron chi connectivity index (χ4n) is 3.18. The van der Waals surface area contributed by atoms with Crippen LogP contribution in [0.25, 0.3) is 0 Å². The molecule has 0 bridgehead atoms. The molecule has 0 aliphatic carbocycles. The molecule has 2 aromatic rings. The van der Waals surface area contributed by atoms with Gasteiger partial charge in [0.25, 0.3) is 5.91 Å². The highest BCUT2D eigenvalue weighted by molar-refractivity contribution is 7.89. The summed E-state index contributed by atoms with van der Waals surface area (Å²) in [6.45, 7) is 1.41. The number of hydrogen-bond acceptors (Lipinski definition) is 7. The number of piperidine rings is 1. The monoisotopic (exact) mass is 512 g/mol. The van der Waals surface area contributed by atoms with E-state index in [-0.39, 0.29) is 35.5 Å². The maximum atomic E-state index is 13.0. The van der Waals surface area contributed by atoms with Crippen molar-refractivity contribution in [1.29, 1.82) is 0 Å². The lowest BCUT2D eigenvalue weighted by molar-refractivity contribution is -0.159. The minimum atomic E-state index is -3.42. The van der Waals surface area contributed by atoms with Crippen molar-refractivity contribution in [1.82, 2.24) is 19.2 Å². The molecule has 3 rings (SSSR count). The van der Waals surface area contributed by atoms with E-state index in [0.29, 0.717) is 13.1 Å². The molecule has 0 unspecified atom stereocenters. The number of amides is 1. The van der Waals surface area contributed by atoms with Gasteiger partial charge in [0.2, 0.25) is 10.0 Å². The van der Waals surface area contributed by atoms with Crippen molar-refractivity contribution >= 4 is 39.5 Å². The molecule has 13 heteroatoms. The number of aromatic nitrogens is 2. The van der Waals surface area contributed by atoms with Crippen LogP contribution in [0.5, 0.6) is 0 Å². The first-order chi connectivity index (χ1) is 16.1. The van der Waals surface area contributed by atoms with Crippen molar-refractivity contribution in [2.24, 2.45) is 0 Å². The Hall–Kier alpha value is -3.09. The van der Waals surface area contributed by atoms with E-state index >= 15 is 0 Å². The second kappa shape index (κ2) is 13.0. The topological polar surface area (TPSA) is 158 Å². The van der Waals surface area contributed by atoms with Crippen LogP contribution >= 0.6 is 11.6 Å². The summed E-state index contributed by atoms with van der Waals surface area (Å²) in [5, 5.41) is 14.9. The lowest BCUT2D eigenvalue weighted by atomic mass is 10.2. The minimum Gasteiger partial charge on any atom is -0.473 e. The molecule has 11 nitrogen and oxygen atoms in total. The predicted molar refractivity (Wildman–Crippen MR) is 123 cm³/mol. The summed E-state index contributed by atoms with van der Waals surface area (Å²) in [5.74, 6) is -4.13. The van der Waals surface area contributed by atoms with E-state index in [2.05, 4.69) is 9.97 Å². The fourth-order valence-corrected chi connectivity index (χ4v) is 4.90. The van der Waals surface area contributed by atoms with Crippen molar-refractivity contribution < 1.29 is 33.0 Å². The zero-order chi connectivity index (χ0) is 25.1. The average molecular weight is 513 g/mol. The summed E-state index contributed by atoms with van der Waals surface area (Å²) in [4.78, 5) is 40.7. The Kier molecular flexibility index (Phi) is 10.4. The van der Waals surface area contributed by atoms with Crippen LogP contribution in [0.2, 0.25) is 5.15 Å². The number of nitrogens with zero attached hydrogens (tertiary/aromatic N) is 4. The average Bonchev–Trinajstić information content (AvgIpc) is 2.83. The largest absolute Gasteiger partial charge is 0.473 e. The van der Waals surface area contributed by atoms with Crippen molar-refractivity contribution in [3.05, 3.63) is 59.1 Å². The Morgan fingerprint density at radius 1 is 1.03 bits per heavy atom. The number of carbonyl (C=O) groups is 3. The number of hydrogen-bond donors (Lipinski definition) is 2. The summed E-state index contributed by atoms with van der Waals surface area (Å²) >= 11 is 6.08.